The van der Waals surface area contributed by atoms with E-state index < -0.39 is 0 Å². The molecule has 1 fully saturated rings. The molecule has 2 unspecified atom stereocenters. The van der Waals surface area contributed by atoms with Crippen molar-refractivity contribution in [2.75, 3.05) is 33.4 Å². The minimum atomic E-state index is 0.312. The van der Waals surface area contributed by atoms with Gasteiger partial charge in [-0.3, -0.25) is 4.90 Å². The van der Waals surface area contributed by atoms with Gasteiger partial charge in [-0.1, -0.05) is 0 Å². The monoisotopic (exact) mass is 318 g/mol. The highest BCUT2D eigenvalue weighted by atomic mass is 16.5. The number of rotatable bonds is 2. The molecule has 0 aromatic heterocycles. The number of fused-ring (bicyclic) bond motifs is 2. The van der Waals surface area contributed by atoms with Crippen LogP contribution in [0.15, 0.2) is 0 Å². The standard InChI is InChI=1S/C18H26N2O3/c1-20-10-11(9-19)8-14(20)15-12-4-2-7-23-18(12)16(21)13-5-3-6-22-17(13)15/h11,14,21H,2-10,19H2,1H3. The maximum atomic E-state index is 10.7. The summed E-state index contributed by atoms with van der Waals surface area (Å²) in [5.74, 6) is 2.47. The number of benzene rings is 1. The smallest absolute Gasteiger partial charge is 0.164 e. The van der Waals surface area contributed by atoms with Crippen LogP contribution in [-0.4, -0.2) is 43.4 Å². The fraction of sp³-hybridized carbons (Fsp3) is 0.667. The highest BCUT2D eigenvalue weighted by molar-refractivity contribution is 5.64. The van der Waals surface area contributed by atoms with Crippen LogP contribution < -0.4 is 15.2 Å². The Morgan fingerprint density at radius 3 is 2.52 bits per heavy atom. The fourth-order valence-corrected chi connectivity index (χ4v) is 4.42. The SMILES string of the molecule is CN1CC(CN)CC1c1c2c(c(O)c3c1OCCC3)OCCC2. The van der Waals surface area contributed by atoms with Gasteiger partial charge >= 0.3 is 0 Å². The molecule has 1 aromatic rings. The maximum Gasteiger partial charge on any atom is 0.164 e. The summed E-state index contributed by atoms with van der Waals surface area (Å²) < 4.78 is 11.9. The van der Waals surface area contributed by atoms with Crippen molar-refractivity contribution in [3.05, 3.63) is 16.7 Å². The Morgan fingerprint density at radius 1 is 1.13 bits per heavy atom. The summed E-state index contributed by atoms with van der Waals surface area (Å²) >= 11 is 0. The Bertz CT molecular complexity index is 580. The first-order chi connectivity index (χ1) is 11.2. The quantitative estimate of drug-likeness (QED) is 0.873. The van der Waals surface area contributed by atoms with Crippen molar-refractivity contribution in [2.24, 2.45) is 11.7 Å². The molecule has 3 N–H and O–H groups in total. The van der Waals surface area contributed by atoms with E-state index in [1.807, 2.05) is 0 Å². The lowest BCUT2D eigenvalue weighted by atomic mass is 9.87. The number of phenolic OH excluding ortho intramolecular Hbond substituents is 1. The number of hydrogen-bond acceptors (Lipinski definition) is 5. The number of nitrogens with zero attached hydrogens (tertiary/aromatic N) is 1. The van der Waals surface area contributed by atoms with Gasteiger partial charge in [0.15, 0.2) is 11.5 Å². The predicted molar refractivity (Wildman–Crippen MR) is 88.3 cm³/mol. The molecular weight excluding hydrogens is 292 g/mol. The van der Waals surface area contributed by atoms with Gasteiger partial charge < -0.3 is 20.3 Å². The molecule has 126 valence electrons. The molecule has 3 aliphatic heterocycles. The summed E-state index contributed by atoms with van der Waals surface area (Å²) in [6.45, 7) is 3.16. The molecule has 3 aliphatic rings. The number of phenols is 1. The van der Waals surface area contributed by atoms with E-state index in [1.54, 1.807) is 0 Å². The Hall–Kier alpha value is -1.46. The van der Waals surface area contributed by atoms with E-state index in [2.05, 4.69) is 11.9 Å². The van der Waals surface area contributed by atoms with Crippen LogP contribution in [0.3, 0.4) is 0 Å². The molecule has 0 spiro atoms. The van der Waals surface area contributed by atoms with E-state index in [0.717, 1.165) is 68.7 Å². The van der Waals surface area contributed by atoms with E-state index in [9.17, 15) is 5.11 Å². The van der Waals surface area contributed by atoms with Crippen molar-refractivity contribution in [1.82, 2.24) is 4.90 Å². The van der Waals surface area contributed by atoms with Crippen LogP contribution in [0.25, 0.3) is 0 Å². The first-order valence-corrected chi connectivity index (χ1v) is 8.77. The van der Waals surface area contributed by atoms with Crippen molar-refractivity contribution >= 4 is 0 Å². The van der Waals surface area contributed by atoms with Crippen LogP contribution in [0.4, 0.5) is 0 Å². The molecule has 5 heteroatoms. The summed E-state index contributed by atoms with van der Waals surface area (Å²) in [6, 6.07) is 0.312. The average molecular weight is 318 g/mol. The van der Waals surface area contributed by atoms with E-state index in [0.29, 0.717) is 30.1 Å². The molecule has 2 atom stereocenters. The van der Waals surface area contributed by atoms with Gasteiger partial charge in [-0.15, -0.1) is 0 Å². The Balaban J connectivity index is 1.87. The van der Waals surface area contributed by atoms with E-state index in [1.165, 1.54) is 5.56 Å². The second kappa shape index (κ2) is 5.87. The second-order valence-corrected chi connectivity index (χ2v) is 7.07. The number of hydrogen-bond donors (Lipinski definition) is 2. The zero-order valence-electron chi connectivity index (χ0n) is 13.8. The van der Waals surface area contributed by atoms with Crippen molar-refractivity contribution in [2.45, 2.75) is 38.1 Å². The fourth-order valence-electron chi connectivity index (χ4n) is 4.42. The van der Waals surface area contributed by atoms with Gasteiger partial charge in [-0.2, -0.15) is 0 Å². The van der Waals surface area contributed by atoms with E-state index in [-0.39, 0.29) is 0 Å². The van der Waals surface area contributed by atoms with Crippen LogP contribution in [0, 0.1) is 5.92 Å². The number of nitrogens with two attached hydrogens (primary N) is 1. The van der Waals surface area contributed by atoms with Gasteiger partial charge in [0.25, 0.3) is 0 Å². The number of aromatic hydroxyl groups is 1. The number of likely N-dealkylation sites (tertiary alicyclic amines) is 1. The summed E-state index contributed by atoms with van der Waals surface area (Å²) in [4.78, 5) is 2.39. The zero-order valence-corrected chi connectivity index (χ0v) is 13.8. The molecule has 23 heavy (non-hydrogen) atoms. The minimum Gasteiger partial charge on any atom is -0.504 e. The molecule has 1 saturated heterocycles. The molecular formula is C18H26N2O3. The summed E-state index contributed by atoms with van der Waals surface area (Å²) in [7, 11) is 2.17. The Labute approximate surface area is 137 Å². The molecule has 5 nitrogen and oxygen atoms in total. The molecule has 0 bridgehead atoms. The molecule has 4 rings (SSSR count). The molecule has 0 radical (unpaired) electrons. The summed E-state index contributed by atoms with van der Waals surface area (Å²) in [5, 5.41) is 10.7. The van der Waals surface area contributed by atoms with Gasteiger partial charge in [0.1, 0.15) is 5.75 Å². The first kappa shape index (κ1) is 15.1. The maximum absolute atomic E-state index is 10.7. The third kappa shape index (κ3) is 2.37. The molecule has 0 amide bonds. The largest absolute Gasteiger partial charge is 0.504 e. The minimum absolute atomic E-state index is 0.312. The van der Waals surface area contributed by atoms with E-state index >= 15 is 0 Å². The normalized spacial score (nSPS) is 27.0. The highest BCUT2D eigenvalue weighted by Crippen LogP contribution is 2.52. The van der Waals surface area contributed by atoms with Gasteiger partial charge in [0.2, 0.25) is 0 Å². The summed E-state index contributed by atoms with van der Waals surface area (Å²) in [5.41, 5.74) is 9.27. The van der Waals surface area contributed by atoms with Crippen molar-refractivity contribution in [3.8, 4) is 17.2 Å². The average Bonchev–Trinajstić information content (AvgIpc) is 2.96. The van der Waals surface area contributed by atoms with Gasteiger partial charge in [0.05, 0.1) is 13.2 Å². The lowest BCUT2D eigenvalue weighted by Gasteiger charge is -2.32. The van der Waals surface area contributed by atoms with Crippen molar-refractivity contribution in [1.29, 1.82) is 0 Å². The second-order valence-electron chi connectivity index (χ2n) is 7.07. The van der Waals surface area contributed by atoms with Crippen molar-refractivity contribution < 1.29 is 14.6 Å². The third-order valence-electron chi connectivity index (χ3n) is 5.56. The summed E-state index contributed by atoms with van der Waals surface area (Å²) in [6.07, 6.45) is 4.81. The van der Waals surface area contributed by atoms with Gasteiger partial charge in [0, 0.05) is 29.3 Å². The first-order valence-electron chi connectivity index (χ1n) is 8.77. The third-order valence-corrected chi connectivity index (χ3v) is 5.56. The lowest BCUT2D eigenvalue weighted by molar-refractivity contribution is 0.240. The zero-order chi connectivity index (χ0) is 16.0. The van der Waals surface area contributed by atoms with Gasteiger partial charge in [-0.25, -0.2) is 0 Å². The topological polar surface area (TPSA) is 68.0 Å². The molecule has 0 aliphatic carbocycles. The lowest BCUT2D eigenvalue weighted by Crippen LogP contribution is -2.24. The van der Waals surface area contributed by atoms with Gasteiger partial charge in [-0.05, 0) is 51.6 Å². The van der Waals surface area contributed by atoms with Crippen LogP contribution >= 0.6 is 0 Å². The Kier molecular flexibility index (Phi) is 3.85. The van der Waals surface area contributed by atoms with Crippen LogP contribution in [0.5, 0.6) is 17.2 Å². The van der Waals surface area contributed by atoms with E-state index in [4.69, 9.17) is 15.2 Å². The molecule has 1 aromatic carbocycles. The van der Waals surface area contributed by atoms with Crippen LogP contribution in [-0.2, 0) is 12.8 Å². The van der Waals surface area contributed by atoms with Crippen molar-refractivity contribution in [3.63, 3.8) is 0 Å². The number of ether oxygens (including phenoxy) is 2. The van der Waals surface area contributed by atoms with Crippen LogP contribution in [0.2, 0.25) is 0 Å². The molecule has 3 heterocycles. The van der Waals surface area contributed by atoms with Crippen LogP contribution in [0.1, 0.15) is 42.0 Å². The molecule has 0 saturated carbocycles. The predicted octanol–water partition coefficient (Wildman–Crippen LogP) is 1.99. The highest BCUT2D eigenvalue weighted by Gasteiger charge is 2.38. The Morgan fingerprint density at radius 2 is 1.83 bits per heavy atom.